The van der Waals surface area contributed by atoms with Crippen molar-refractivity contribution in [3.05, 3.63) is 29.8 Å². The van der Waals surface area contributed by atoms with Gasteiger partial charge < -0.3 is 21.1 Å². The van der Waals surface area contributed by atoms with Gasteiger partial charge in [-0.15, -0.1) is 0 Å². The Bertz CT molecular complexity index is 706. The molecule has 0 aromatic heterocycles. The first-order chi connectivity index (χ1) is 14.5. The number of carbonyl (C=O) groups excluding carboxylic acids is 3. The quantitative estimate of drug-likeness (QED) is 0.272. The average molecular weight is 419 g/mol. The molecule has 1 aromatic carbocycles. The number of aliphatic imine (C=N–C) groups is 1. The number of phenolic OH excluding ortho intramolecular Hbond substituents is 1. The fourth-order valence-corrected chi connectivity index (χ4v) is 2.61. The molecule has 0 radical (unpaired) electrons. The Balaban J connectivity index is 2.59. The number of phenols is 1. The summed E-state index contributed by atoms with van der Waals surface area (Å²) in [7, 11) is 0. The minimum Gasteiger partial charge on any atom is -0.507 e. The summed E-state index contributed by atoms with van der Waals surface area (Å²) in [5, 5.41) is 18.0. The van der Waals surface area contributed by atoms with Crippen LogP contribution in [0.1, 0.15) is 57.9 Å². The number of hydrogen-bond donors (Lipinski definition) is 4. The van der Waals surface area contributed by atoms with E-state index in [-0.39, 0.29) is 37.0 Å². The molecular formula is C22H34N4O4. The predicted octanol–water partition coefficient (Wildman–Crippen LogP) is 1.91. The maximum atomic E-state index is 12.4. The van der Waals surface area contributed by atoms with E-state index in [4.69, 9.17) is 0 Å². The van der Waals surface area contributed by atoms with Crippen LogP contribution >= 0.6 is 0 Å². The zero-order valence-electron chi connectivity index (χ0n) is 17.9. The SMILES string of the molecule is CCCCNC(=O)CC[C@H](NC(=O)CN=Cc1ccccc1O)C(=O)NCCCC. The minimum atomic E-state index is -0.799. The Morgan fingerprint density at radius 1 is 1.03 bits per heavy atom. The van der Waals surface area contributed by atoms with Gasteiger partial charge in [-0.05, 0) is 31.4 Å². The number of carbonyl (C=O) groups is 3. The topological polar surface area (TPSA) is 120 Å². The summed E-state index contributed by atoms with van der Waals surface area (Å²) in [4.78, 5) is 40.7. The van der Waals surface area contributed by atoms with Crippen LogP contribution in [0.2, 0.25) is 0 Å². The van der Waals surface area contributed by atoms with Crippen LogP contribution in [0.15, 0.2) is 29.3 Å². The fourth-order valence-electron chi connectivity index (χ4n) is 2.61. The van der Waals surface area contributed by atoms with E-state index in [2.05, 4.69) is 20.9 Å². The van der Waals surface area contributed by atoms with E-state index in [9.17, 15) is 19.5 Å². The first-order valence-electron chi connectivity index (χ1n) is 10.6. The van der Waals surface area contributed by atoms with Crippen molar-refractivity contribution >= 4 is 23.9 Å². The molecule has 0 aliphatic carbocycles. The number of aromatic hydroxyl groups is 1. The third kappa shape index (κ3) is 10.6. The van der Waals surface area contributed by atoms with Crippen molar-refractivity contribution in [2.24, 2.45) is 4.99 Å². The third-order valence-electron chi connectivity index (χ3n) is 4.40. The van der Waals surface area contributed by atoms with E-state index in [0.717, 1.165) is 25.7 Å². The maximum absolute atomic E-state index is 12.4. The maximum Gasteiger partial charge on any atom is 0.242 e. The average Bonchev–Trinajstić information content (AvgIpc) is 2.72. The zero-order valence-corrected chi connectivity index (χ0v) is 17.9. The van der Waals surface area contributed by atoms with E-state index in [1.807, 2.05) is 13.8 Å². The lowest BCUT2D eigenvalue weighted by Gasteiger charge is -2.18. The summed E-state index contributed by atoms with van der Waals surface area (Å²) < 4.78 is 0. The van der Waals surface area contributed by atoms with Gasteiger partial charge in [-0.25, -0.2) is 0 Å². The van der Waals surface area contributed by atoms with Crippen LogP contribution in [0.3, 0.4) is 0 Å². The molecule has 0 unspecified atom stereocenters. The molecule has 8 heteroatoms. The van der Waals surface area contributed by atoms with Crippen molar-refractivity contribution in [3.63, 3.8) is 0 Å². The molecule has 166 valence electrons. The molecule has 4 N–H and O–H groups in total. The highest BCUT2D eigenvalue weighted by Crippen LogP contribution is 2.12. The van der Waals surface area contributed by atoms with Crippen LogP contribution in [-0.2, 0) is 14.4 Å². The van der Waals surface area contributed by atoms with Crippen molar-refractivity contribution in [1.82, 2.24) is 16.0 Å². The second-order valence-electron chi connectivity index (χ2n) is 7.04. The van der Waals surface area contributed by atoms with Crippen LogP contribution in [0.4, 0.5) is 0 Å². The molecule has 0 bridgehead atoms. The number of rotatable bonds is 14. The standard InChI is InChI=1S/C22H34N4O4/c1-3-5-13-24-20(28)12-11-18(22(30)25-14-6-4-2)26-21(29)16-23-15-17-9-7-8-10-19(17)27/h7-10,15,18,27H,3-6,11-14,16H2,1-2H3,(H,24,28)(H,25,30)(H,26,29)/t18-/m0/s1. The Morgan fingerprint density at radius 2 is 1.70 bits per heavy atom. The Kier molecular flexibility index (Phi) is 12.6. The van der Waals surface area contributed by atoms with E-state index in [1.54, 1.807) is 18.2 Å². The summed E-state index contributed by atoms with van der Waals surface area (Å²) in [6.07, 6.45) is 5.44. The number of nitrogens with zero attached hydrogens (tertiary/aromatic N) is 1. The van der Waals surface area contributed by atoms with Crippen molar-refractivity contribution in [3.8, 4) is 5.75 Å². The zero-order chi connectivity index (χ0) is 22.2. The van der Waals surface area contributed by atoms with Crippen LogP contribution in [-0.4, -0.2) is 54.7 Å². The number of benzene rings is 1. The third-order valence-corrected chi connectivity index (χ3v) is 4.40. The smallest absolute Gasteiger partial charge is 0.242 e. The van der Waals surface area contributed by atoms with Crippen LogP contribution in [0.25, 0.3) is 0 Å². The molecule has 0 heterocycles. The molecule has 3 amide bonds. The highest BCUT2D eigenvalue weighted by molar-refractivity contribution is 5.90. The summed E-state index contributed by atoms with van der Waals surface area (Å²) in [5.74, 6) is -0.794. The van der Waals surface area contributed by atoms with Crippen LogP contribution in [0.5, 0.6) is 5.75 Å². The number of para-hydroxylation sites is 1. The number of amides is 3. The molecule has 1 aromatic rings. The molecule has 8 nitrogen and oxygen atoms in total. The van der Waals surface area contributed by atoms with E-state index < -0.39 is 11.9 Å². The first-order valence-corrected chi connectivity index (χ1v) is 10.6. The van der Waals surface area contributed by atoms with Crippen molar-refractivity contribution in [2.75, 3.05) is 19.6 Å². The normalized spacial score (nSPS) is 11.8. The number of hydrogen-bond acceptors (Lipinski definition) is 5. The first kappa shape index (κ1) is 25.1. The van der Waals surface area contributed by atoms with Crippen molar-refractivity contribution in [2.45, 2.75) is 58.4 Å². The lowest BCUT2D eigenvalue weighted by atomic mass is 10.1. The van der Waals surface area contributed by atoms with Gasteiger partial charge in [-0.3, -0.25) is 19.4 Å². The Labute approximate surface area is 178 Å². The Hall–Kier alpha value is -2.90. The lowest BCUT2D eigenvalue weighted by molar-refractivity contribution is -0.129. The molecule has 0 saturated carbocycles. The van der Waals surface area contributed by atoms with Crippen molar-refractivity contribution in [1.29, 1.82) is 0 Å². The predicted molar refractivity (Wildman–Crippen MR) is 118 cm³/mol. The van der Waals surface area contributed by atoms with Gasteiger partial charge in [-0.2, -0.15) is 0 Å². The van der Waals surface area contributed by atoms with Crippen LogP contribution < -0.4 is 16.0 Å². The molecule has 0 aliphatic heterocycles. The number of unbranched alkanes of at least 4 members (excludes halogenated alkanes) is 2. The molecule has 0 saturated heterocycles. The highest BCUT2D eigenvalue weighted by atomic mass is 16.3. The van der Waals surface area contributed by atoms with Gasteiger partial charge >= 0.3 is 0 Å². The van der Waals surface area contributed by atoms with Gasteiger partial charge in [-0.1, -0.05) is 38.8 Å². The molecule has 0 aliphatic rings. The highest BCUT2D eigenvalue weighted by Gasteiger charge is 2.21. The summed E-state index contributed by atoms with van der Waals surface area (Å²) in [5.41, 5.74) is 0.503. The summed E-state index contributed by atoms with van der Waals surface area (Å²) in [6.45, 7) is 5.01. The molecular weight excluding hydrogens is 384 g/mol. The monoisotopic (exact) mass is 418 g/mol. The van der Waals surface area contributed by atoms with Gasteiger partial charge in [0.25, 0.3) is 0 Å². The van der Waals surface area contributed by atoms with Gasteiger partial charge in [0, 0.05) is 31.3 Å². The Morgan fingerprint density at radius 3 is 2.37 bits per heavy atom. The summed E-state index contributed by atoms with van der Waals surface area (Å²) >= 11 is 0. The molecule has 0 spiro atoms. The van der Waals surface area contributed by atoms with E-state index in [0.29, 0.717) is 18.7 Å². The van der Waals surface area contributed by atoms with Crippen LogP contribution in [0, 0.1) is 0 Å². The molecule has 1 atom stereocenters. The van der Waals surface area contributed by atoms with Gasteiger partial charge in [0.05, 0.1) is 0 Å². The fraction of sp³-hybridized carbons (Fsp3) is 0.545. The molecule has 0 fully saturated rings. The second-order valence-corrected chi connectivity index (χ2v) is 7.04. The van der Waals surface area contributed by atoms with E-state index >= 15 is 0 Å². The summed E-state index contributed by atoms with van der Waals surface area (Å²) in [6, 6.07) is 5.86. The lowest BCUT2D eigenvalue weighted by Crippen LogP contribution is -2.48. The van der Waals surface area contributed by atoms with Gasteiger partial charge in [0.15, 0.2) is 0 Å². The van der Waals surface area contributed by atoms with E-state index in [1.165, 1.54) is 12.3 Å². The number of nitrogens with one attached hydrogen (secondary N) is 3. The molecule has 1 rings (SSSR count). The minimum absolute atomic E-state index is 0.0731. The van der Waals surface area contributed by atoms with Gasteiger partial charge in [0.2, 0.25) is 17.7 Å². The van der Waals surface area contributed by atoms with Gasteiger partial charge in [0.1, 0.15) is 18.3 Å². The van der Waals surface area contributed by atoms with Crippen molar-refractivity contribution < 1.29 is 19.5 Å². The second kappa shape index (κ2) is 15.0. The molecule has 30 heavy (non-hydrogen) atoms. The largest absolute Gasteiger partial charge is 0.507 e.